The number of fused-ring (bicyclic) bond motifs is 1. The van der Waals surface area contributed by atoms with Crippen LogP contribution in [0.2, 0.25) is 0 Å². The number of rotatable bonds is 5. The third-order valence-corrected chi connectivity index (χ3v) is 6.84. The van der Waals surface area contributed by atoms with E-state index in [2.05, 4.69) is 64.5 Å². The van der Waals surface area contributed by atoms with E-state index in [1.807, 2.05) is 0 Å². The first-order chi connectivity index (χ1) is 16.9. The number of hydrogen-bond donors (Lipinski definition) is 5. The third kappa shape index (κ3) is 5.30. The van der Waals surface area contributed by atoms with E-state index in [9.17, 15) is 0 Å². The van der Waals surface area contributed by atoms with Crippen LogP contribution in [0.1, 0.15) is 31.4 Å². The van der Waals surface area contributed by atoms with E-state index in [0.29, 0.717) is 44.0 Å². The van der Waals surface area contributed by atoms with Crippen LogP contribution in [0.5, 0.6) is 0 Å². The van der Waals surface area contributed by atoms with Gasteiger partial charge in [0.1, 0.15) is 0 Å². The monoisotopic (exact) mass is 476 g/mol. The highest BCUT2D eigenvalue weighted by molar-refractivity contribution is 5.86. The van der Waals surface area contributed by atoms with Gasteiger partial charge in [0, 0.05) is 50.3 Å². The van der Waals surface area contributed by atoms with Crippen molar-refractivity contribution in [2.75, 3.05) is 41.3 Å². The molecule has 10 nitrogen and oxygen atoms in total. The first-order valence-electron chi connectivity index (χ1n) is 12.4. The van der Waals surface area contributed by atoms with Gasteiger partial charge >= 0.3 is 0 Å². The molecule has 35 heavy (non-hydrogen) atoms. The molecule has 5 unspecified atom stereocenters. The lowest BCUT2D eigenvalue weighted by Crippen LogP contribution is -2.54. The molecule has 5 rings (SSSR count). The minimum absolute atomic E-state index is 0.0261. The number of nitrogens with two attached hydrogens (primary N) is 4. The molecule has 5 atom stereocenters. The first-order valence-corrected chi connectivity index (χ1v) is 12.4. The molecule has 186 valence electrons. The van der Waals surface area contributed by atoms with Crippen molar-refractivity contribution in [1.29, 1.82) is 0 Å². The van der Waals surface area contributed by atoms with E-state index < -0.39 is 0 Å². The molecule has 2 aromatic carbocycles. The van der Waals surface area contributed by atoms with E-state index in [1.54, 1.807) is 0 Å². The van der Waals surface area contributed by atoms with E-state index in [0.717, 1.165) is 12.8 Å². The van der Waals surface area contributed by atoms with Crippen molar-refractivity contribution in [2.45, 2.75) is 50.0 Å². The number of nitrogens with one attached hydrogen (secondary N) is 1. The van der Waals surface area contributed by atoms with Crippen LogP contribution >= 0.6 is 0 Å². The van der Waals surface area contributed by atoms with Crippen LogP contribution in [0.25, 0.3) is 10.8 Å². The second-order valence-electron chi connectivity index (χ2n) is 10.0. The Bertz CT molecular complexity index is 1100. The average molecular weight is 477 g/mol. The summed E-state index contributed by atoms with van der Waals surface area (Å²) >= 11 is 0. The maximum atomic E-state index is 6.27. The summed E-state index contributed by atoms with van der Waals surface area (Å²) in [4.78, 5) is 18.5. The van der Waals surface area contributed by atoms with Crippen molar-refractivity contribution >= 4 is 28.6 Å². The lowest BCUT2D eigenvalue weighted by atomic mass is 10.00. The molecule has 3 heterocycles. The molecule has 2 fully saturated rings. The van der Waals surface area contributed by atoms with Crippen molar-refractivity contribution in [3.8, 4) is 0 Å². The number of hydrogen-bond acceptors (Lipinski definition) is 10. The van der Waals surface area contributed by atoms with Gasteiger partial charge in [-0.25, -0.2) is 0 Å². The molecule has 0 amide bonds. The molecule has 0 spiro atoms. The van der Waals surface area contributed by atoms with Gasteiger partial charge in [-0.1, -0.05) is 42.5 Å². The lowest BCUT2D eigenvalue weighted by Gasteiger charge is -2.37. The summed E-state index contributed by atoms with van der Waals surface area (Å²) in [5, 5.41) is 5.91. The highest BCUT2D eigenvalue weighted by Gasteiger charge is 2.29. The summed E-state index contributed by atoms with van der Waals surface area (Å²) in [5.74, 6) is 1.65. The van der Waals surface area contributed by atoms with Gasteiger partial charge in [0.25, 0.3) is 0 Å². The molecule has 0 radical (unpaired) electrons. The molecular weight excluding hydrogens is 440 g/mol. The van der Waals surface area contributed by atoms with Crippen LogP contribution in [0.3, 0.4) is 0 Å². The van der Waals surface area contributed by atoms with Crippen LogP contribution in [-0.2, 0) is 0 Å². The van der Waals surface area contributed by atoms with Crippen molar-refractivity contribution in [1.82, 2.24) is 15.0 Å². The standard InChI is InChI=1S/C25H36N10/c1-15(21-8-4-6-16-5-2-3-7-22(16)21)30-23-31-24(34-11-17(26)9-18(27)12-34)33-25(32-23)35-13-19(28)10-20(29)14-35/h2-8,15,17-20H,9-14,26-29H2,1H3,(H,30,31,32,33). The van der Waals surface area contributed by atoms with Gasteiger partial charge in [-0.2, -0.15) is 15.0 Å². The normalized spacial score (nSPS) is 26.1. The summed E-state index contributed by atoms with van der Waals surface area (Å²) < 4.78 is 0. The van der Waals surface area contributed by atoms with Gasteiger partial charge < -0.3 is 38.1 Å². The third-order valence-electron chi connectivity index (χ3n) is 6.84. The van der Waals surface area contributed by atoms with Crippen LogP contribution in [-0.4, -0.2) is 65.3 Å². The Kier molecular flexibility index (Phi) is 6.70. The topological polar surface area (TPSA) is 161 Å². The van der Waals surface area contributed by atoms with Gasteiger partial charge in [0.2, 0.25) is 17.8 Å². The van der Waals surface area contributed by atoms with E-state index >= 15 is 0 Å². The number of piperidine rings is 2. The Balaban J connectivity index is 1.49. The molecule has 2 aliphatic heterocycles. The second kappa shape index (κ2) is 9.90. The predicted molar refractivity (Wildman–Crippen MR) is 141 cm³/mol. The van der Waals surface area contributed by atoms with Gasteiger partial charge in [-0.3, -0.25) is 0 Å². The van der Waals surface area contributed by atoms with Crippen LogP contribution in [0, 0.1) is 0 Å². The molecule has 2 saturated heterocycles. The summed E-state index contributed by atoms with van der Waals surface area (Å²) in [6.45, 7) is 4.70. The Labute approximate surface area is 206 Å². The van der Waals surface area contributed by atoms with E-state index in [4.69, 9.17) is 37.9 Å². The zero-order chi connectivity index (χ0) is 24.5. The molecule has 1 aromatic heterocycles. The fourth-order valence-corrected chi connectivity index (χ4v) is 5.28. The summed E-state index contributed by atoms with van der Waals surface area (Å²) in [6.07, 6.45) is 1.57. The van der Waals surface area contributed by atoms with Crippen molar-refractivity contribution in [3.63, 3.8) is 0 Å². The van der Waals surface area contributed by atoms with Crippen molar-refractivity contribution < 1.29 is 0 Å². The fraction of sp³-hybridized carbons (Fsp3) is 0.480. The summed E-state index contributed by atoms with van der Waals surface area (Å²) in [7, 11) is 0. The lowest BCUT2D eigenvalue weighted by molar-refractivity contribution is 0.441. The number of benzene rings is 2. The molecule has 9 N–H and O–H groups in total. The van der Waals surface area contributed by atoms with E-state index in [-0.39, 0.29) is 30.2 Å². The zero-order valence-corrected chi connectivity index (χ0v) is 20.2. The predicted octanol–water partition coefficient (Wildman–Crippen LogP) is 0.927. The first kappa shape index (κ1) is 23.7. The molecule has 0 bridgehead atoms. The maximum Gasteiger partial charge on any atom is 0.232 e. The Hall–Kier alpha value is -3.05. The molecule has 10 heteroatoms. The number of nitrogens with zero attached hydrogens (tertiary/aromatic N) is 5. The van der Waals surface area contributed by atoms with Crippen LogP contribution < -0.4 is 38.1 Å². The molecule has 2 aliphatic rings. The van der Waals surface area contributed by atoms with Gasteiger partial charge in [-0.15, -0.1) is 0 Å². The van der Waals surface area contributed by atoms with Gasteiger partial charge in [0.15, 0.2) is 0 Å². The van der Waals surface area contributed by atoms with E-state index in [1.165, 1.54) is 16.3 Å². The zero-order valence-electron chi connectivity index (χ0n) is 20.2. The number of aromatic nitrogens is 3. The maximum absolute atomic E-state index is 6.27. The average Bonchev–Trinajstić information content (AvgIpc) is 2.82. The molecular formula is C25H36N10. The highest BCUT2D eigenvalue weighted by atomic mass is 15.4. The second-order valence-corrected chi connectivity index (χ2v) is 10.0. The Morgan fingerprint density at radius 3 is 1.83 bits per heavy atom. The largest absolute Gasteiger partial charge is 0.347 e. The Morgan fingerprint density at radius 1 is 0.743 bits per heavy atom. The summed E-state index contributed by atoms with van der Waals surface area (Å²) in [5.41, 5.74) is 26.2. The molecule has 0 aliphatic carbocycles. The van der Waals surface area contributed by atoms with Crippen molar-refractivity contribution in [3.05, 3.63) is 48.0 Å². The van der Waals surface area contributed by atoms with Crippen LogP contribution in [0.15, 0.2) is 42.5 Å². The van der Waals surface area contributed by atoms with Crippen LogP contribution in [0.4, 0.5) is 17.8 Å². The quantitative estimate of drug-likeness (QED) is 0.358. The highest BCUT2D eigenvalue weighted by Crippen LogP contribution is 2.28. The molecule has 0 saturated carbocycles. The summed E-state index contributed by atoms with van der Waals surface area (Å²) in [6, 6.07) is 14.6. The van der Waals surface area contributed by atoms with Crippen molar-refractivity contribution in [2.24, 2.45) is 22.9 Å². The van der Waals surface area contributed by atoms with Gasteiger partial charge in [0.05, 0.1) is 6.04 Å². The van der Waals surface area contributed by atoms with Gasteiger partial charge in [-0.05, 0) is 36.1 Å². The minimum atomic E-state index is -0.0269. The Morgan fingerprint density at radius 2 is 1.26 bits per heavy atom. The minimum Gasteiger partial charge on any atom is -0.347 e. The SMILES string of the molecule is CC(Nc1nc(N2CC(N)CC(N)C2)nc(N2CC(N)CC(N)C2)n1)c1cccc2ccccc12. The number of anilines is 3. The molecule has 3 aromatic rings. The fourth-order valence-electron chi connectivity index (χ4n) is 5.28. The smallest absolute Gasteiger partial charge is 0.232 e.